The van der Waals surface area contributed by atoms with Gasteiger partial charge in [-0.3, -0.25) is 14.6 Å². The van der Waals surface area contributed by atoms with Crippen LogP contribution in [0.15, 0.2) is 30.7 Å². The molecule has 0 radical (unpaired) electrons. The Hall–Kier alpha value is -1.80. The first-order valence-corrected chi connectivity index (χ1v) is 11.5. The lowest BCUT2D eigenvalue weighted by atomic mass is 10.1. The van der Waals surface area contributed by atoms with E-state index in [1.165, 1.54) is 4.90 Å². The Labute approximate surface area is 169 Å². The van der Waals surface area contributed by atoms with Gasteiger partial charge < -0.3 is 0 Å². The smallest absolute Gasteiger partial charge is 0.237 e. The van der Waals surface area contributed by atoms with Crippen LogP contribution in [0.25, 0.3) is 5.69 Å². The number of amides is 2. The zero-order valence-electron chi connectivity index (χ0n) is 16.4. The molecule has 0 aromatic carbocycles. The van der Waals surface area contributed by atoms with Crippen LogP contribution in [0.1, 0.15) is 19.5 Å². The Kier molecular flexibility index (Phi) is 7.91. The molecule has 0 saturated heterocycles. The highest BCUT2D eigenvalue weighted by atomic mass is 32.2. The number of rotatable bonds is 8. The van der Waals surface area contributed by atoms with Gasteiger partial charge in [-0.1, -0.05) is 13.8 Å². The lowest BCUT2D eigenvalue weighted by molar-refractivity contribution is -0.129. The summed E-state index contributed by atoms with van der Waals surface area (Å²) < 4.78 is 1.66. The maximum atomic E-state index is 13.1. The van der Waals surface area contributed by atoms with Crippen LogP contribution in [0.2, 0.25) is 0 Å². The summed E-state index contributed by atoms with van der Waals surface area (Å²) in [6, 6.07) is 3.70. The highest BCUT2D eigenvalue weighted by Crippen LogP contribution is 2.26. The number of pyridine rings is 1. The number of thioether (sulfide) groups is 2. The van der Waals surface area contributed by atoms with Crippen LogP contribution in [0, 0.1) is 18.8 Å². The third kappa shape index (κ3) is 5.13. The van der Waals surface area contributed by atoms with Gasteiger partial charge in [0.15, 0.2) is 0 Å². The summed E-state index contributed by atoms with van der Waals surface area (Å²) in [6.45, 7) is 5.53. The quantitative estimate of drug-likeness (QED) is 0.669. The van der Waals surface area contributed by atoms with Gasteiger partial charge in [0.2, 0.25) is 11.8 Å². The summed E-state index contributed by atoms with van der Waals surface area (Å²) in [7, 11) is 0. The fourth-order valence-corrected chi connectivity index (χ4v) is 4.01. The molecule has 0 fully saturated rings. The summed E-state index contributed by atoms with van der Waals surface area (Å²) in [5.74, 6) is 0.440. The summed E-state index contributed by atoms with van der Waals surface area (Å²) >= 11 is 3.19. The van der Waals surface area contributed by atoms with Crippen molar-refractivity contribution in [2.45, 2.75) is 20.8 Å². The Morgan fingerprint density at radius 1 is 1.15 bits per heavy atom. The number of imide groups is 1. The lowest BCUT2D eigenvalue weighted by Gasteiger charge is -2.26. The maximum Gasteiger partial charge on any atom is 0.237 e. The van der Waals surface area contributed by atoms with Gasteiger partial charge in [0.25, 0.3) is 0 Å². The predicted molar refractivity (Wildman–Crippen MR) is 114 cm³/mol. The van der Waals surface area contributed by atoms with Crippen molar-refractivity contribution in [3.8, 4) is 5.69 Å². The van der Waals surface area contributed by atoms with Crippen molar-refractivity contribution in [2.24, 2.45) is 11.8 Å². The molecule has 8 heteroatoms. The van der Waals surface area contributed by atoms with Crippen LogP contribution < -0.4 is 4.90 Å². The number of carbonyl (C=O) groups excluding carboxylic acids is 2. The molecule has 0 bridgehead atoms. The monoisotopic (exact) mass is 406 g/mol. The van der Waals surface area contributed by atoms with Crippen LogP contribution in [-0.2, 0) is 9.59 Å². The van der Waals surface area contributed by atoms with E-state index in [0.29, 0.717) is 22.9 Å². The number of hydrogen-bond acceptors (Lipinski definition) is 6. The molecule has 0 spiro atoms. The molecule has 6 nitrogen and oxygen atoms in total. The topological polar surface area (TPSA) is 68.1 Å². The minimum Gasteiger partial charge on any atom is -0.274 e. The number of carbonyl (C=O) groups is 2. The zero-order valence-corrected chi connectivity index (χ0v) is 18.0. The summed E-state index contributed by atoms with van der Waals surface area (Å²) in [4.78, 5) is 31.7. The van der Waals surface area contributed by atoms with Crippen molar-refractivity contribution in [3.05, 3.63) is 36.4 Å². The van der Waals surface area contributed by atoms with Gasteiger partial charge >= 0.3 is 0 Å². The molecule has 2 amide bonds. The van der Waals surface area contributed by atoms with E-state index < -0.39 is 0 Å². The third-order valence-electron chi connectivity index (χ3n) is 4.14. The van der Waals surface area contributed by atoms with Gasteiger partial charge in [-0.2, -0.15) is 28.6 Å². The first-order chi connectivity index (χ1) is 12.9. The zero-order chi connectivity index (χ0) is 20.0. The SMILES string of the molecule is CSCC(C)C(=O)N(C(=O)C(C)CSC)c1cn(-c2cccnc2)nc1C. The Morgan fingerprint density at radius 3 is 2.22 bits per heavy atom. The summed E-state index contributed by atoms with van der Waals surface area (Å²) in [5.41, 5.74) is 1.95. The molecule has 2 rings (SSSR count). The van der Waals surface area contributed by atoms with E-state index in [0.717, 1.165) is 5.69 Å². The van der Waals surface area contributed by atoms with Crippen LogP contribution in [0.3, 0.4) is 0 Å². The number of anilines is 1. The van der Waals surface area contributed by atoms with Crippen LogP contribution in [0.4, 0.5) is 5.69 Å². The van der Waals surface area contributed by atoms with Crippen LogP contribution in [0.5, 0.6) is 0 Å². The van der Waals surface area contributed by atoms with Gasteiger partial charge in [0.05, 0.1) is 29.5 Å². The minimum absolute atomic E-state index is 0.184. The van der Waals surface area contributed by atoms with Gasteiger partial charge in [-0.15, -0.1) is 0 Å². The summed E-state index contributed by atoms with van der Waals surface area (Å²) in [5, 5.41) is 4.50. The van der Waals surface area contributed by atoms with E-state index in [2.05, 4.69) is 10.1 Å². The highest BCUT2D eigenvalue weighted by molar-refractivity contribution is 7.98. The third-order valence-corrected chi connectivity index (χ3v) is 5.81. The Bertz CT molecular complexity index is 755. The number of aromatic nitrogens is 3. The van der Waals surface area contributed by atoms with Crippen molar-refractivity contribution in [1.29, 1.82) is 0 Å². The van der Waals surface area contributed by atoms with E-state index in [1.54, 1.807) is 46.8 Å². The van der Waals surface area contributed by atoms with Crippen molar-refractivity contribution >= 4 is 41.0 Å². The van der Waals surface area contributed by atoms with Gasteiger partial charge in [-0.05, 0) is 31.6 Å². The molecule has 2 aromatic heterocycles. The fourth-order valence-electron chi connectivity index (χ4n) is 2.72. The molecule has 2 heterocycles. The largest absolute Gasteiger partial charge is 0.274 e. The van der Waals surface area contributed by atoms with E-state index in [9.17, 15) is 9.59 Å². The first-order valence-electron chi connectivity index (χ1n) is 8.73. The number of nitrogens with zero attached hydrogens (tertiary/aromatic N) is 4. The second-order valence-electron chi connectivity index (χ2n) is 6.48. The molecule has 0 aliphatic carbocycles. The van der Waals surface area contributed by atoms with E-state index in [4.69, 9.17) is 0 Å². The molecule has 2 aromatic rings. The van der Waals surface area contributed by atoms with Crippen molar-refractivity contribution in [2.75, 3.05) is 28.9 Å². The molecule has 27 heavy (non-hydrogen) atoms. The van der Waals surface area contributed by atoms with Gasteiger partial charge in [0.1, 0.15) is 0 Å². The maximum absolute atomic E-state index is 13.1. The number of hydrogen-bond donors (Lipinski definition) is 0. The minimum atomic E-state index is -0.258. The molecule has 0 aliphatic rings. The standard InChI is InChI=1S/C19H26N4O2S2/c1-13(11-26-4)18(24)23(19(25)14(2)12-27-5)17-10-22(21-15(17)3)16-7-6-8-20-9-16/h6-10,13-14H,11-12H2,1-5H3. The first kappa shape index (κ1) is 21.5. The van der Waals surface area contributed by atoms with E-state index in [-0.39, 0.29) is 23.7 Å². The van der Waals surface area contributed by atoms with Crippen LogP contribution in [-0.4, -0.2) is 50.6 Å². The van der Waals surface area contributed by atoms with Gasteiger partial charge in [-0.25, -0.2) is 9.58 Å². The molecular formula is C19H26N4O2S2. The molecule has 2 atom stereocenters. The average Bonchev–Trinajstić information content (AvgIpc) is 3.04. The van der Waals surface area contributed by atoms with Crippen molar-refractivity contribution < 1.29 is 9.59 Å². The molecule has 146 valence electrons. The Balaban J connectivity index is 2.45. The predicted octanol–water partition coefficient (Wildman–Crippen LogP) is 3.43. The highest BCUT2D eigenvalue weighted by Gasteiger charge is 2.32. The lowest BCUT2D eigenvalue weighted by Crippen LogP contribution is -2.44. The fraction of sp³-hybridized carbons (Fsp3) is 0.474. The average molecular weight is 407 g/mol. The summed E-state index contributed by atoms with van der Waals surface area (Å²) in [6.07, 6.45) is 9.03. The van der Waals surface area contributed by atoms with E-state index in [1.807, 2.05) is 45.4 Å². The normalized spacial score (nSPS) is 13.2. The second kappa shape index (κ2) is 9.94. The molecular weight excluding hydrogens is 380 g/mol. The second-order valence-corrected chi connectivity index (χ2v) is 8.30. The molecule has 0 aliphatic heterocycles. The van der Waals surface area contributed by atoms with Crippen LogP contribution >= 0.6 is 23.5 Å². The molecule has 0 N–H and O–H groups in total. The van der Waals surface area contributed by atoms with E-state index >= 15 is 0 Å². The van der Waals surface area contributed by atoms with Crippen molar-refractivity contribution in [1.82, 2.24) is 14.8 Å². The number of aryl methyl sites for hydroxylation is 1. The Morgan fingerprint density at radius 2 is 1.74 bits per heavy atom. The molecule has 0 saturated carbocycles. The van der Waals surface area contributed by atoms with Crippen molar-refractivity contribution in [3.63, 3.8) is 0 Å². The van der Waals surface area contributed by atoms with Gasteiger partial charge in [0, 0.05) is 29.5 Å². The molecule has 2 unspecified atom stereocenters.